The molecule has 0 radical (unpaired) electrons. The number of benzene rings is 2. The number of nitrogens with one attached hydrogen (secondary N) is 1. The summed E-state index contributed by atoms with van der Waals surface area (Å²) in [5, 5.41) is 12.2. The highest BCUT2D eigenvalue weighted by molar-refractivity contribution is 6.31. The number of hydrogen-bond acceptors (Lipinski definition) is 2. The van der Waals surface area contributed by atoms with E-state index in [4.69, 9.17) is 11.6 Å². The Hall–Kier alpha value is -2.40. The third-order valence-electron chi connectivity index (χ3n) is 4.39. The zero-order valence-electron chi connectivity index (χ0n) is 13.3. The van der Waals surface area contributed by atoms with E-state index in [1.807, 2.05) is 18.2 Å². The molecule has 1 saturated carbocycles. The first-order valence-electron chi connectivity index (χ1n) is 7.98. The van der Waals surface area contributed by atoms with Gasteiger partial charge in [-0.15, -0.1) is 0 Å². The Kier molecular flexibility index (Phi) is 5.04. The molecule has 130 valence electrons. The van der Waals surface area contributed by atoms with E-state index in [1.54, 1.807) is 18.2 Å². The number of carboxylic acid groups (broad SMARTS) is 1. The summed E-state index contributed by atoms with van der Waals surface area (Å²) in [4.78, 5) is 23.8. The maximum Gasteiger partial charge on any atom is 0.326 e. The van der Waals surface area contributed by atoms with Crippen LogP contribution in [0.15, 0.2) is 48.5 Å². The standard InChI is InChI=1S/C19H17ClFNO3/c20-14-7-4-8-15(21)17(14)12-10-13(12)18(23)22-16(19(24)25)9-11-5-2-1-3-6-11/h1-8,12-13,16H,9-10H2,(H,22,23)(H,24,25)/t12?,13?,16-/m0/s1. The molecule has 1 aliphatic rings. The third kappa shape index (κ3) is 3.99. The fourth-order valence-electron chi connectivity index (χ4n) is 3.00. The molecule has 3 rings (SSSR count). The van der Waals surface area contributed by atoms with E-state index in [0.717, 1.165) is 5.56 Å². The maximum absolute atomic E-state index is 13.9. The van der Waals surface area contributed by atoms with Crippen LogP contribution in [0.5, 0.6) is 0 Å². The molecule has 0 bridgehead atoms. The van der Waals surface area contributed by atoms with Crippen molar-refractivity contribution < 1.29 is 19.1 Å². The van der Waals surface area contributed by atoms with Crippen LogP contribution < -0.4 is 5.32 Å². The lowest BCUT2D eigenvalue weighted by atomic mass is 10.1. The topological polar surface area (TPSA) is 66.4 Å². The van der Waals surface area contributed by atoms with E-state index in [0.29, 0.717) is 17.0 Å². The van der Waals surface area contributed by atoms with Crippen LogP contribution in [-0.2, 0) is 16.0 Å². The van der Waals surface area contributed by atoms with Crippen LogP contribution in [0.2, 0.25) is 5.02 Å². The first-order valence-corrected chi connectivity index (χ1v) is 8.36. The van der Waals surface area contributed by atoms with Crippen molar-refractivity contribution >= 4 is 23.5 Å². The molecule has 0 heterocycles. The summed E-state index contributed by atoms with van der Waals surface area (Å²) in [6, 6.07) is 12.5. The van der Waals surface area contributed by atoms with Crippen molar-refractivity contribution in [1.82, 2.24) is 5.32 Å². The van der Waals surface area contributed by atoms with Gasteiger partial charge in [0.1, 0.15) is 11.9 Å². The highest BCUT2D eigenvalue weighted by Gasteiger charge is 2.47. The summed E-state index contributed by atoms with van der Waals surface area (Å²) < 4.78 is 13.9. The predicted octanol–water partition coefficient (Wildman–Crippen LogP) is 3.39. The normalized spacial score (nSPS) is 19.9. The highest BCUT2D eigenvalue weighted by Crippen LogP contribution is 2.50. The van der Waals surface area contributed by atoms with E-state index >= 15 is 0 Å². The fraction of sp³-hybridized carbons (Fsp3) is 0.263. The van der Waals surface area contributed by atoms with Crippen molar-refractivity contribution in [3.05, 3.63) is 70.5 Å². The summed E-state index contributed by atoms with van der Waals surface area (Å²) in [6.07, 6.45) is 0.657. The Labute approximate surface area is 149 Å². The molecule has 0 saturated heterocycles. The van der Waals surface area contributed by atoms with Gasteiger partial charge in [-0.1, -0.05) is 48.0 Å². The molecule has 0 aromatic heterocycles. The van der Waals surface area contributed by atoms with Crippen molar-refractivity contribution in [3.63, 3.8) is 0 Å². The zero-order valence-corrected chi connectivity index (χ0v) is 14.0. The van der Waals surface area contributed by atoms with Crippen LogP contribution in [0.4, 0.5) is 4.39 Å². The molecule has 4 nitrogen and oxygen atoms in total. The smallest absolute Gasteiger partial charge is 0.326 e. The van der Waals surface area contributed by atoms with E-state index in [9.17, 15) is 19.1 Å². The summed E-state index contributed by atoms with van der Waals surface area (Å²) >= 11 is 6.03. The third-order valence-corrected chi connectivity index (χ3v) is 4.72. The van der Waals surface area contributed by atoms with Crippen LogP contribution in [0, 0.1) is 11.7 Å². The van der Waals surface area contributed by atoms with Gasteiger partial charge in [0.25, 0.3) is 0 Å². The summed E-state index contributed by atoms with van der Waals surface area (Å²) in [6.45, 7) is 0. The van der Waals surface area contributed by atoms with Crippen molar-refractivity contribution in [2.45, 2.75) is 24.8 Å². The average molecular weight is 362 g/mol. The minimum absolute atomic E-state index is 0.194. The van der Waals surface area contributed by atoms with Gasteiger partial charge in [0.2, 0.25) is 5.91 Å². The molecular weight excluding hydrogens is 345 g/mol. The van der Waals surface area contributed by atoms with Crippen molar-refractivity contribution in [2.24, 2.45) is 5.92 Å². The predicted molar refractivity (Wildman–Crippen MR) is 92.0 cm³/mol. The second-order valence-electron chi connectivity index (χ2n) is 6.17. The number of rotatable bonds is 6. The second-order valence-corrected chi connectivity index (χ2v) is 6.58. The van der Waals surface area contributed by atoms with Crippen molar-refractivity contribution in [3.8, 4) is 0 Å². The van der Waals surface area contributed by atoms with E-state index in [1.165, 1.54) is 12.1 Å². The van der Waals surface area contributed by atoms with Gasteiger partial charge in [0, 0.05) is 28.8 Å². The molecule has 2 aromatic rings. The zero-order chi connectivity index (χ0) is 18.0. The molecule has 1 amide bonds. The molecule has 2 unspecified atom stereocenters. The number of hydrogen-bond donors (Lipinski definition) is 2. The summed E-state index contributed by atoms with van der Waals surface area (Å²) in [7, 11) is 0. The largest absolute Gasteiger partial charge is 0.480 e. The molecule has 0 spiro atoms. The average Bonchev–Trinajstić information content (AvgIpc) is 3.35. The molecule has 0 aliphatic heterocycles. The van der Waals surface area contributed by atoms with E-state index in [2.05, 4.69) is 5.32 Å². The van der Waals surface area contributed by atoms with Crippen LogP contribution in [-0.4, -0.2) is 23.0 Å². The maximum atomic E-state index is 13.9. The monoisotopic (exact) mass is 361 g/mol. The Morgan fingerprint density at radius 3 is 2.56 bits per heavy atom. The molecule has 1 aliphatic carbocycles. The van der Waals surface area contributed by atoms with Crippen molar-refractivity contribution in [2.75, 3.05) is 0 Å². The lowest BCUT2D eigenvalue weighted by molar-refractivity contribution is -0.142. The molecule has 2 N–H and O–H groups in total. The summed E-state index contributed by atoms with van der Waals surface area (Å²) in [5.41, 5.74) is 1.15. The minimum Gasteiger partial charge on any atom is -0.480 e. The lowest BCUT2D eigenvalue weighted by Gasteiger charge is -2.15. The Bertz CT molecular complexity index is 776. The first-order chi connectivity index (χ1) is 12.0. The SMILES string of the molecule is O=C(N[C@@H](Cc1ccccc1)C(=O)O)C1CC1c1c(F)cccc1Cl. The number of aliphatic carboxylic acids is 1. The Morgan fingerprint density at radius 2 is 1.92 bits per heavy atom. The summed E-state index contributed by atoms with van der Waals surface area (Å²) in [5.74, 6) is -2.68. The number of carbonyl (C=O) groups excluding carboxylic acids is 1. The van der Waals surface area contributed by atoms with E-state index in [-0.39, 0.29) is 18.2 Å². The minimum atomic E-state index is -1.10. The lowest BCUT2D eigenvalue weighted by Crippen LogP contribution is -2.43. The number of carboxylic acids is 1. The molecule has 2 aromatic carbocycles. The van der Waals surface area contributed by atoms with Gasteiger partial charge < -0.3 is 10.4 Å². The van der Waals surface area contributed by atoms with Crippen LogP contribution in [0.3, 0.4) is 0 Å². The van der Waals surface area contributed by atoms with Gasteiger partial charge >= 0.3 is 5.97 Å². The van der Waals surface area contributed by atoms with Crippen LogP contribution in [0.25, 0.3) is 0 Å². The second kappa shape index (κ2) is 7.23. The molecule has 25 heavy (non-hydrogen) atoms. The molecule has 1 fully saturated rings. The Balaban J connectivity index is 1.66. The Morgan fingerprint density at radius 1 is 1.20 bits per heavy atom. The van der Waals surface area contributed by atoms with Crippen LogP contribution in [0.1, 0.15) is 23.5 Å². The van der Waals surface area contributed by atoms with Crippen molar-refractivity contribution in [1.29, 1.82) is 0 Å². The van der Waals surface area contributed by atoms with Gasteiger partial charge in [0.15, 0.2) is 0 Å². The highest BCUT2D eigenvalue weighted by atomic mass is 35.5. The van der Waals surface area contributed by atoms with Gasteiger partial charge in [-0.05, 0) is 24.1 Å². The molecular formula is C19H17ClFNO3. The first kappa shape index (κ1) is 17.4. The van der Waals surface area contributed by atoms with E-state index < -0.39 is 23.7 Å². The number of carbonyl (C=O) groups is 2. The van der Waals surface area contributed by atoms with Gasteiger partial charge in [-0.3, -0.25) is 4.79 Å². The molecule has 6 heteroatoms. The number of halogens is 2. The van der Waals surface area contributed by atoms with Gasteiger partial charge in [-0.25, -0.2) is 9.18 Å². The quantitative estimate of drug-likeness (QED) is 0.828. The van der Waals surface area contributed by atoms with Gasteiger partial charge in [0.05, 0.1) is 0 Å². The van der Waals surface area contributed by atoms with Gasteiger partial charge in [-0.2, -0.15) is 0 Å². The molecule has 3 atom stereocenters. The number of amides is 1. The fourth-order valence-corrected chi connectivity index (χ4v) is 3.30. The van der Waals surface area contributed by atoms with Crippen LogP contribution >= 0.6 is 11.6 Å².